The van der Waals surface area contributed by atoms with E-state index in [1.165, 1.54) is 11.3 Å². The first-order valence-corrected chi connectivity index (χ1v) is 7.77. The lowest BCUT2D eigenvalue weighted by Gasteiger charge is -2.42. The Bertz CT molecular complexity index is 516. The first kappa shape index (κ1) is 16.4. The third kappa shape index (κ3) is 4.02. The summed E-state index contributed by atoms with van der Waals surface area (Å²) in [5, 5.41) is 9.35. The number of hydrogen-bond donors (Lipinski definition) is 3. The van der Waals surface area contributed by atoms with E-state index in [1.54, 1.807) is 0 Å². The normalized spacial score (nSPS) is 22.2. The lowest BCUT2D eigenvalue weighted by atomic mass is 10.0. The molecule has 0 aromatic carbocycles. The number of nitrogen functional groups attached to an aromatic ring is 1. The predicted molar refractivity (Wildman–Crippen MR) is 82.0 cm³/mol. The van der Waals surface area contributed by atoms with Crippen LogP contribution in [0.3, 0.4) is 0 Å². The quantitative estimate of drug-likeness (QED) is 0.431. The molecule has 21 heavy (non-hydrogen) atoms. The fourth-order valence-corrected chi connectivity index (χ4v) is 3.67. The van der Waals surface area contributed by atoms with Gasteiger partial charge in [-0.1, -0.05) is 0 Å². The number of morpholine rings is 1. The molecule has 0 bridgehead atoms. The molecule has 0 saturated carbocycles. The van der Waals surface area contributed by atoms with Crippen LogP contribution in [0.15, 0.2) is 6.07 Å². The van der Waals surface area contributed by atoms with Gasteiger partial charge in [-0.15, -0.1) is 11.3 Å². The van der Waals surface area contributed by atoms with Gasteiger partial charge in [0.15, 0.2) is 0 Å². The number of rotatable bonds is 4. The predicted octanol–water partition coefficient (Wildman–Crippen LogP) is 0.632. The largest absolute Gasteiger partial charge is 0.394 e. The van der Waals surface area contributed by atoms with E-state index in [9.17, 15) is 9.90 Å². The minimum atomic E-state index is -0.285. The highest BCUT2D eigenvalue weighted by atomic mass is 32.1. The summed E-state index contributed by atoms with van der Waals surface area (Å²) in [6, 6.07) is 1.89. The highest BCUT2D eigenvalue weighted by Crippen LogP contribution is 2.26. The molecular formula is C14H23N3O3S. The number of carbonyl (C=O) groups is 1. The lowest BCUT2D eigenvalue weighted by Crippen LogP contribution is -2.53. The van der Waals surface area contributed by atoms with Crippen LogP contribution in [0.5, 0.6) is 0 Å². The maximum atomic E-state index is 11.6. The molecule has 6 nitrogen and oxygen atoms in total. The average molecular weight is 313 g/mol. The average Bonchev–Trinajstić information content (AvgIpc) is 2.77. The van der Waals surface area contributed by atoms with Crippen LogP contribution in [-0.2, 0) is 11.3 Å². The number of aliphatic hydroxyl groups is 1. The van der Waals surface area contributed by atoms with Crippen molar-refractivity contribution < 1.29 is 14.6 Å². The van der Waals surface area contributed by atoms with Crippen LogP contribution in [0.4, 0.5) is 0 Å². The summed E-state index contributed by atoms with van der Waals surface area (Å²) in [6.45, 7) is 8.28. The van der Waals surface area contributed by atoms with Crippen molar-refractivity contribution in [3.05, 3.63) is 21.4 Å². The Labute approximate surface area is 128 Å². The molecule has 1 amide bonds. The number of aliphatic hydroxyl groups excluding tert-OH is 1. The van der Waals surface area contributed by atoms with Gasteiger partial charge in [-0.05, 0) is 32.4 Å². The molecule has 1 aromatic heterocycles. The summed E-state index contributed by atoms with van der Waals surface area (Å²) >= 11 is 1.44. The van der Waals surface area contributed by atoms with E-state index in [4.69, 9.17) is 10.6 Å². The molecule has 1 atom stereocenters. The lowest BCUT2D eigenvalue weighted by molar-refractivity contribution is -0.150. The van der Waals surface area contributed by atoms with Gasteiger partial charge in [0, 0.05) is 24.5 Å². The van der Waals surface area contributed by atoms with Gasteiger partial charge in [-0.3, -0.25) is 15.1 Å². The second-order valence-corrected chi connectivity index (χ2v) is 7.27. The van der Waals surface area contributed by atoms with Crippen LogP contribution in [0.2, 0.25) is 0 Å². The number of aryl methyl sites for hydroxylation is 1. The molecular weight excluding hydrogens is 290 g/mol. The Morgan fingerprint density at radius 1 is 1.67 bits per heavy atom. The van der Waals surface area contributed by atoms with Crippen molar-refractivity contribution in [1.82, 2.24) is 10.3 Å². The van der Waals surface area contributed by atoms with E-state index < -0.39 is 0 Å². The molecule has 2 heterocycles. The first-order chi connectivity index (χ1) is 9.84. The molecule has 1 aliphatic heterocycles. The first-order valence-electron chi connectivity index (χ1n) is 6.96. The van der Waals surface area contributed by atoms with Gasteiger partial charge in [-0.2, -0.15) is 0 Å². The number of amides is 1. The Hall–Kier alpha value is -0.990. The third-order valence-corrected chi connectivity index (χ3v) is 4.62. The van der Waals surface area contributed by atoms with Gasteiger partial charge in [0.1, 0.15) is 0 Å². The monoisotopic (exact) mass is 313 g/mol. The number of nitrogens with zero attached hydrogens (tertiary/aromatic N) is 1. The Kier molecular flexibility index (Phi) is 5.00. The van der Waals surface area contributed by atoms with E-state index >= 15 is 0 Å². The second-order valence-electron chi connectivity index (χ2n) is 6.02. The van der Waals surface area contributed by atoms with E-state index in [0.29, 0.717) is 11.4 Å². The Morgan fingerprint density at radius 3 is 3.00 bits per heavy atom. The Morgan fingerprint density at radius 2 is 2.38 bits per heavy atom. The molecule has 1 fully saturated rings. The van der Waals surface area contributed by atoms with Gasteiger partial charge in [0.25, 0.3) is 5.91 Å². The number of carbonyl (C=O) groups excluding carboxylic acids is 1. The standard InChI is InChI=1S/C14H23N3O3S/c1-9-10(4-12(21-9)13(19)16-15)5-17-6-11(7-18)20-14(2,3)8-17/h4,11,18H,5-8,15H2,1-3H3,(H,16,19). The fourth-order valence-electron chi connectivity index (χ4n) is 2.73. The smallest absolute Gasteiger partial charge is 0.275 e. The molecule has 2 rings (SSSR count). The fraction of sp³-hybridized carbons (Fsp3) is 0.643. The zero-order valence-corrected chi connectivity index (χ0v) is 13.5. The van der Waals surface area contributed by atoms with Crippen molar-refractivity contribution in [3.8, 4) is 0 Å². The number of hydrazine groups is 1. The minimum absolute atomic E-state index is 0.0172. The third-order valence-electron chi connectivity index (χ3n) is 3.52. The van der Waals surface area contributed by atoms with E-state index in [2.05, 4.69) is 10.3 Å². The van der Waals surface area contributed by atoms with Gasteiger partial charge in [0.2, 0.25) is 0 Å². The molecule has 1 aliphatic rings. The van der Waals surface area contributed by atoms with E-state index in [-0.39, 0.29) is 24.2 Å². The zero-order chi connectivity index (χ0) is 15.6. The zero-order valence-electron chi connectivity index (χ0n) is 12.7. The summed E-state index contributed by atoms with van der Waals surface area (Å²) in [4.78, 5) is 15.6. The van der Waals surface area contributed by atoms with Gasteiger partial charge < -0.3 is 9.84 Å². The maximum Gasteiger partial charge on any atom is 0.275 e. The summed E-state index contributed by atoms with van der Waals surface area (Å²) in [6.07, 6.45) is -0.167. The van der Waals surface area contributed by atoms with Crippen molar-refractivity contribution >= 4 is 17.2 Å². The topological polar surface area (TPSA) is 87.8 Å². The van der Waals surface area contributed by atoms with E-state index in [0.717, 1.165) is 23.5 Å². The van der Waals surface area contributed by atoms with Gasteiger partial charge in [-0.25, -0.2) is 5.84 Å². The highest BCUT2D eigenvalue weighted by Gasteiger charge is 2.33. The molecule has 1 saturated heterocycles. The van der Waals surface area contributed by atoms with Crippen LogP contribution >= 0.6 is 11.3 Å². The van der Waals surface area contributed by atoms with Crippen molar-refractivity contribution in [2.75, 3.05) is 19.7 Å². The van der Waals surface area contributed by atoms with Crippen LogP contribution in [0, 0.1) is 6.92 Å². The Balaban J connectivity index is 2.10. The van der Waals surface area contributed by atoms with Crippen molar-refractivity contribution in [2.24, 2.45) is 5.84 Å². The number of thiophene rings is 1. The molecule has 1 aromatic rings. The van der Waals surface area contributed by atoms with Crippen LogP contribution in [0.25, 0.3) is 0 Å². The summed E-state index contributed by atoms with van der Waals surface area (Å²) in [5.41, 5.74) is 2.99. The van der Waals surface area contributed by atoms with Crippen LogP contribution < -0.4 is 11.3 Å². The molecule has 0 aliphatic carbocycles. The second kappa shape index (κ2) is 6.41. The van der Waals surface area contributed by atoms with Crippen molar-refractivity contribution in [2.45, 2.75) is 39.0 Å². The van der Waals surface area contributed by atoms with Gasteiger partial charge in [0.05, 0.1) is 23.2 Å². The number of ether oxygens (including phenoxy) is 1. The molecule has 1 unspecified atom stereocenters. The number of nitrogens with two attached hydrogens (primary N) is 1. The summed E-state index contributed by atoms with van der Waals surface area (Å²) in [7, 11) is 0. The van der Waals surface area contributed by atoms with E-state index in [1.807, 2.05) is 26.8 Å². The number of hydrogen-bond acceptors (Lipinski definition) is 6. The van der Waals surface area contributed by atoms with Gasteiger partial charge >= 0.3 is 0 Å². The maximum absolute atomic E-state index is 11.6. The van der Waals surface area contributed by atoms with Crippen LogP contribution in [0.1, 0.15) is 34.0 Å². The van der Waals surface area contributed by atoms with Crippen LogP contribution in [-0.4, -0.2) is 47.3 Å². The molecule has 0 spiro atoms. The van der Waals surface area contributed by atoms with Crippen molar-refractivity contribution in [1.29, 1.82) is 0 Å². The summed E-state index contributed by atoms with van der Waals surface area (Å²) in [5.74, 6) is 4.91. The SMILES string of the molecule is Cc1sc(C(=O)NN)cc1CN1CC(CO)OC(C)(C)C1. The summed E-state index contributed by atoms with van der Waals surface area (Å²) < 4.78 is 5.81. The highest BCUT2D eigenvalue weighted by molar-refractivity contribution is 7.14. The molecule has 0 radical (unpaired) electrons. The minimum Gasteiger partial charge on any atom is -0.394 e. The molecule has 4 N–H and O–H groups in total. The molecule has 118 valence electrons. The van der Waals surface area contributed by atoms with Crippen molar-refractivity contribution in [3.63, 3.8) is 0 Å². The molecule has 7 heteroatoms. The number of nitrogens with one attached hydrogen (secondary N) is 1.